The number of nitrogens with one attached hydrogen (secondary N) is 2. The van der Waals surface area contributed by atoms with Crippen LogP contribution in [0.25, 0.3) is 0 Å². The number of anilines is 1. The Bertz CT molecular complexity index is 960. The second-order valence-electron chi connectivity index (χ2n) is 6.86. The van der Waals surface area contributed by atoms with Crippen LogP contribution in [0.4, 0.5) is 5.69 Å². The number of rotatable bonds is 9. The zero-order valence-corrected chi connectivity index (χ0v) is 18.2. The predicted octanol–water partition coefficient (Wildman–Crippen LogP) is 0.608. The van der Waals surface area contributed by atoms with Gasteiger partial charge in [0, 0.05) is 25.3 Å². The molecule has 0 saturated carbocycles. The third-order valence-electron chi connectivity index (χ3n) is 4.31. The number of carbonyl (C=O) groups is 1. The van der Waals surface area contributed by atoms with Gasteiger partial charge in [-0.25, -0.2) is 12.7 Å². The molecule has 0 aromatic heterocycles. The molecule has 0 spiro atoms. The Balaban J connectivity index is 2.08. The van der Waals surface area contributed by atoms with Crippen LogP contribution in [0.2, 0.25) is 0 Å². The molecule has 158 valence electrons. The standard InChI is InChI=1S/C20H27N3O5S/c1-22(2)29(25,26)19-12-16(9-10-18(19)28-5)21-20(24)14-23(3)13-15-7-6-8-17(11-15)27-4/h6-12H,13-14H2,1-5H3,(H,21,24)/p+1. The molecule has 0 fully saturated rings. The summed E-state index contributed by atoms with van der Waals surface area (Å²) in [6.07, 6.45) is 0. The fourth-order valence-electron chi connectivity index (χ4n) is 2.83. The van der Waals surface area contributed by atoms with Crippen LogP contribution in [0, 0.1) is 0 Å². The highest BCUT2D eigenvalue weighted by molar-refractivity contribution is 7.89. The normalized spacial score (nSPS) is 12.5. The van der Waals surface area contributed by atoms with E-state index in [2.05, 4.69) is 5.32 Å². The van der Waals surface area contributed by atoms with Crippen LogP contribution in [-0.2, 0) is 21.4 Å². The fourth-order valence-corrected chi connectivity index (χ4v) is 3.90. The van der Waals surface area contributed by atoms with Gasteiger partial charge in [-0.05, 0) is 30.3 Å². The van der Waals surface area contributed by atoms with Gasteiger partial charge in [-0.3, -0.25) is 4.79 Å². The first-order valence-electron chi connectivity index (χ1n) is 9.02. The van der Waals surface area contributed by atoms with Crippen molar-refractivity contribution in [1.82, 2.24) is 4.31 Å². The van der Waals surface area contributed by atoms with E-state index in [1.807, 2.05) is 31.3 Å². The van der Waals surface area contributed by atoms with Crippen molar-refractivity contribution in [2.75, 3.05) is 47.2 Å². The molecule has 0 aliphatic rings. The summed E-state index contributed by atoms with van der Waals surface area (Å²) in [5, 5.41) is 2.76. The van der Waals surface area contributed by atoms with Gasteiger partial charge in [0.1, 0.15) is 22.9 Å². The Kier molecular flexibility index (Phi) is 7.60. The number of nitrogens with zero attached hydrogens (tertiary/aromatic N) is 1. The zero-order valence-electron chi connectivity index (χ0n) is 17.4. The van der Waals surface area contributed by atoms with Crippen molar-refractivity contribution in [2.45, 2.75) is 11.4 Å². The van der Waals surface area contributed by atoms with Crippen molar-refractivity contribution < 1.29 is 27.6 Å². The molecular weight excluding hydrogens is 394 g/mol. The van der Waals surface area contributed by atoms with Crippen LogP contribution in [0.5, 0.6) is 11.5 Å². The molecule has 1 unspecified atom stereocenters. The van der Waals surface area contributed by atoms with Gasteiger partial charge in [0.05, 0.1) is 21.3 Å². The predicted molar refractivity (Wildman–Crippen MR) is 111 cm³/mol. The first-order chi connectivity index (χ1) is 13.7. The number of benzene rings is 2. The summed E-state index contributed by atoms with van der Waals surface area (Å²) in [6.45, 7) is 0.868. The van der Waals surface area contributed by atoms with Gasteiger partial charge < -0.3 is 19.7 Å². The number of sulfonamides is 1. The third-order valence-corrected chi connectivity index (χ3v) is 6.14. The molecule has 2 aromatic rings. The number of amides is 1. The summed E-state index contributed by atoms with van der Waals surface area (Å²) >= 11 is 0. The minimum absolute atomic E-state index is 0.000109. The molecular formula is C20H28N3O5S+. The molecule has 1 atom stereocenters. The van der Waals surface area contributed by atoms with Gasteiger partial charge in [0.25, 0.3) is 5.91 Å². The molecule has 2 N–H and O–H groups in total. The average Bonchev–Trinajstić information content (AvgIpc) is 2.67. The molecule has 0 bridgehead atoms. The van der Waals surface area contributed by atoms with Crippen molar-refractivity contribution >= 4 is 21.6 Å². The maximum absolute atomic E-state index is 12.5. The molecule has 0 aliphatic heterocycles. The van der Waals surface area contributed by atoms with E-state index >= 15 is 0 Å². The van der Waals surface area contributed by atoms with Gasteiger partial charge in [0.15, 0.2) is 6.54 Å². The second kappa shape index (κ2) is 9.73. The van der Waals surface area contributed by atoms with E-state index in [9.17, 15) is 13.2 Å². The maximum Gasteiger partial charge on any atom is 0.279 e. The first kappa shape index (κ1) is 22.7. The van der Waals surface area contributed by atoms with Crippen LogP contribution in [0.3, 0.4) is 0 Å². The first-order valence-corrected chi connectivity index (χ1v) is 10.5. The van der Waals surface area contributed by atoms with E-state index in [-0.39, 0.29) is 23.1 Å². The molecule has 1 amide bonds. The van der Waals surface area contributed by atoms with Crippen LogP contribution in [-0.4, -0.2) is 60.5 Å². The minimum Gasteiger partial charge on any atom is -0.497 e. The van der Waals surface area contributed by atoms with Gasteiger partial charge in [-0.2, -0.15) is 0 Å². The number of hydrogen-bond acceptors (Lipinski definition) is 5. The number of methoxy groups -OCH3 is 2. The largest absolute Gasteiger partial charge is 0.497 e. The van der Waals surface area contributed by atoms with Gasteiger partial charge >= 0.3 is 0 Å². The topological polar surface area (TPSA) is 89.4 Å². The summed E-state index contributed by atoms with van der Waals surface area (Å²) in [6, 6.07) is 12.2. The number of carbonyl (C=O) groups excluding carboxylic acids is 1. The van der Waals surface area contributed by atoms with Gasteiger partial charge in [-0.15, -0.1) is 0 Å². The Labute approximate surface area is 172 Å². The molecule has 2 rings (SSSR count). The molecule has 2 aromatic carbocycles. The highest BCUT2D eigenvalue weighted by Gasteiger charge is 2.23. The number of ether oxygens (including phenoxy) is 2. The Morgan fingerprint density at radius 3 is 2.45 bits per heavy atom. The van der Waals surface area contributed by atoms with E-state index in [1.165, 1.54) is 33.3 Å². The Hall–Kier alpha value is -2.62. The number of likely N-dealkylation sites (N-methyl/N-ethyl adjacent to an activating group) is 1. The summed E-state index contributed by atoms with van der Waals surface area (Å²) in [4.78, 5) is 13.4. The lowest BCUT2D eigenvalue weighted by molar-refractivity contribution is -0.885. The lowest BCUT2D eigenvalue weighted by Crippen LogP contribution is -3.08. The Morgan fingerprint density at radius 1 is 1.10 bits per heavy atom. The van der Waals surface area contributed by atoms with Crippen molar-refractivity contribution in [2.24, 2.45) is 0 Å². The molecule has 0 radical (unpaired) electrons. The smallest absolute Gasteiger partial charge is 0.279 e. The van der Waals surface area contributed by atoms with Gasteiger partial charge in [0.2, 0.25) is 10.0 Å². The van der Waals surface area contributed by atoms with E-state index in [0.717, 1.165) is 20.5 Å². The molecule has 0 aliphatic carbocycles. The summed E-state index contributed by atoms with van der Waals surface area (Å²) in [7, 11) is 4.10. The Morgan fingerprint density at radius 2 is 1.83 bits per heavy atom. The molecule has 9 heteroatoms. The molecule has 0 heterocycles. The second-order valence-corrected chi connectivity index (χ2v) is 8.98. The lowest BCUT2D eigenvalue weighted by Gasteiger charge is -2.17. The zero-order chi connectivity index (χ0) is 21.6. The minimum atomic E-state index is -3.71. The maximum atomic E-state index is 12.5. The number of hydrogen-bond donors (Lipinski definition) is 2. The third kappa shape index (κ3) is 5.93. The van der Waals surface area contributed by atoms with E-state index in [1.54, 1.807) is 13.2 Å². The van der Waals surface area contributed by atoms with E-state index in [0.29, 0.717) is 12.2 Å². The summed E-state index contributed by atoms with van der Waals surface area (Å²) in [5.41, 5.74) is 1.45. The van der Waals surface area contributed by atoms with E-state index < -0.39 is 10.0 Å². The van der Waals surface area contributed by atoms with Gasteiger partial charge in [-0.1, -0.05) is 12.1 Å². The van der Waals surface area contributed by atoms with Crippen LogP contribution < -0.4 is 19.7 Å². The van der Waals surface area contributed by atoms with Crippen molar-refractivity contribution in [3.63, 3.8) is 0 Å². The summed E-state index contributed by atoms with van der Waals surface area (Å²) in [5.74, 6) is 0.772. The molecule has 0 saturated heterocycles. The van der Waals surface area contributed by atoms with Crippen LogP contribution in [0.15, 0.2) is 47.4 Å². The SMILES string of the molecule is COc1cccc(C[NH+](C)CC(=O)Nc2ccc(OC)c(S(=O)(=O)N(C)C)c2)c1. The average molecular weight is 423 g/mol. The lowest BCUT2D eigenvalue weighted by atomic mass is 10.2. The highest BCUT2D eigenvalue weighted by Crippen LogP contribution is 2.28. The molecule has 8 nitrogen and oxygen atoms in total. The van der Waals surface area contributed by atoms with Crippen molar-refractivity contribution in [3.05, 3.63) is 48.0 Å². The van der Waals surface area contributed by atoms with E-state index in [4.69, 9.17) is 9.47 Å². The number of quaternary nitrogens is 1. The fraction of sp³-hybridized carbons (Fsp3) is 0.350. The monoisotopic (exact) mass is 422 g/mol. The quantitative estimate of drug-likeness (QED) is 0.618. The van der Waals surface area contributed by atoms with Crippen molar-refractivity contribution in [3.8, 4) is 11.5 Å². The van der Waals surface area contributed by atoms with Crippen LogP contribution in [0.1, 0.15) is 5.56 Å². The van der Waals surface area contributed by atoms with Crippen LogP contribution >= 0.6 is 0 Å². The highest BCUT2D eigenvalue weighted by atomic mass is 32.2. The molecule has 29 heavy (non-hydrogen) atoms. The van der Waals surface area contributed by atoms with Crippen molar-refractivity contribution in [1.29, 1.82) is 0 Å². The summed E-state index contributed by atoms with van der Waals surface area (Å²) < 4.78 is 36.5.